The van der Waals surface area contributed by atoms with Crippen LogP contribution in [-0.2, 0) is 4.79 Å². The van der Waals surface area contributed by atoms with Crippen LogP contribution in [0.25, 0.3) is 0 Å². The van der Waals surface area contributed by atoms with E-state index in [1.54, 1.807) is 19.2 Å². The van der Waals surface area contributed by atoms with Gasteiger partial charge >= 0.3 is 0 Å². The van der Waals surface area contributed by atoms with Gasteiger partial charge in [0.15, 0.2) is 0 Å². The minimum Gasteiger partial charge on any atom is -0.260 e. The first-order valence-electron chi connectivity index (χ1n) is 3.39. The molecule has 0 spiro atoms. The fourth-order valence-electron chi connectivity index (χ4n) is 0.820. The fourth-order valence-corrected chi connectivity index (χ4v) is 0.820. The van der Waals surface area contributed by atoms with E-state index in [0.29, 0.717) is 11.3 Å². The van der Waals surface area contributed by atoms with Gasteiger partial charge in [0, 0.05) is 6.20 Å². The van der Waals surface area contributed by atoms with Gasteiger partial charge in [0.1, 0.15) is 5.94 Å². The molecule has 1 aliphatic rings. The molecule has 0 aromatic heterocycles. The number of allylic oxidation sites excluding steroid dienone is 4. The van der Waals surface area contributed by atoms with Gasteiger partial charge in [-0.2, -0.15) is 0 Å². The van der Waals surface area contributed by atoms with Gasteiger partial charge in [0.2, 0.25) is 0 Å². The molecule has 0 amide bonds. The van der Waals surface area contributed by atoms with E-state index in [2.05, 4.69) is 4.99 Å². The van der Waals surface area contributed by atoms with Gasteiger partial charge in [-0.05, 0) is 31.6 Å². The third-order valence-electron chi connectivity index (χ3n) is 1.48. The van der Waals surface area contributed by atoms with Crippen LogP contribution in [0.4, 0.5) is 0 Å². The standard InChI is InChI=1S/C9H9NO/c1-7-3-4-10-8(2)9(5-7)6-11/h3-5H,1-2H3. The van der Waals surface area contributed by atoms with Crippen molar-refractivity contribution in [1.82, 2.24) is 0 Å². The van der Waals surface area contributed by atoms with Crippen molar-refractivity contribution in [2.24, 2.45) is 4.99 Å². The lowest BCUT2D eigenvalue weighted by atomic mass is 10.1. The third-order valence-corrected chi connectivity index (χ3v) is 1.48. The van der Waals surface area contributed by atoms with Gasteiger partial charge < -0.3 is 0 Å². The first-order valence-corrected chi connectivity index (χ1v) is 3.39. The summed E-state index contributed by atoms with van der Waals surface area (Å²) >= 11 is 0. The van der Waals surface area contributed by atoms with Crippen molar-refractivity contribution < 1.29 is 4.79 Å². The molecule has 0 N–H and O–H groups in total. The van der Waals surface area contributed by atoms with E-state index in [4.69, 9.17) is 0 Å². The number of rotatable bonds is 0. The molecule has 1 heterocycles. The first-order chi connectivity index (χ1) is 5.24. The number of hydrogen-bond acceptors (Lipinski definition) is 2. The summed E-state index contributed by atoms with van der Waals surface area (Å²) in [6.07, 6.45) is 5.31. The van der Waals surface area contributed by atoms with Gasteiger partial charge in [-0.25, -0.2) is 4.79 Å². The molecule has 0 saturated heterocycles. The molecule has 0 aromatic rings. The highest BCUT2D eigenvalue weighted by Gasteiger charge is 2.00. The zero-order chi connectivity index (χ0) is 8.27. The van der Waals surface area contributed by atoms with Crippen LogP contribution in [0.2, 0.25) is 0 Å². The van der Waals surface area contributed by atoms with E-state index in [1.807, 2.05) is 18.9 Å². The maximum absolute atomic E-state index is 10.4. The van der Waals surface area contributed by atoms with Gasteiger partial charge in [0.25, 0.3) is 0 Å². The average Bonchev–Trinajstić information content (AvgIpc) is 2.13. The largest absolute Gasteiger partial charge is 0.260 e. The van der Waals surface area contributed by atoms with Crippen LogP contribution in [0.5, 0.6) is 0 Å². The van der Waals surface area contributed by atoms with E-state index < -0.39 is 0 Å². The van der Waals surface area contributed by atoms with E-state index in [1.165, 1.54) is 0 Å². The van der Waals surface area contributed by atoms with Crippen molar-refractivity contribution in [2.75, 3.05) is 0 Å². The van der Waals surface area contributed by atoms with Crippen molar-refractivity contribution in [3.8, 4) is 0 Å². The monoisotopic (exact) mass is 147 g/mol. The quantitative estimate of drug-likeness (QED) is 0.479. The van der Waals surface area contributed by atoms with E-state index >= 15 is 0 Å². The van der Waals surface area contributed by atoms with Crippen LogP contribution in [0.15, 0.2) is 34.5 Å². The predicted octanol–water partition coefficient (Wildman–Crippen LogP) is 1.68. The molecule has 11 heavy (non-hydrogen) atoms. The topological polar surface area (TPSA) is 29.4 Å². The normalized spacial score (nSPS) is 16.7. The summed E-state index contributed by atoms with van der Waals surface area (Å²) in [5, 5.41) is 0. The molecule has 56 valence electrons. The maximum Gasteiger partial charge on any atom is 0.134 e. The summed E-state index contributed by atoms with van der Waals surface area (Å²) in [4.78, 5) is 14.4. The molecule has 0 aliphatic carbocycles. The maximum atomic E-state index is 10.4. The van der Waals surface area contributed by atoms with Crippen molar-refractivity contribution >= 4 is 11.7 Å². The van der Waals surface area contributed by atoms with Crippen molar-refractivity contribution in [3.05, 3.63) is 29.5 Å². The Kier molecular flexibility index (Phi) is 2.19. The highest BCUT2D eigenvalue weighted by molar-refractivity contribution is 6.07. The molecule has 0 unspecified atom stereocenters. The highest BCUT2D eigenvalue weighted by atomic mass is 16.1. The molecular weight excluding hydrogens is 138 g/mol. The molecule has 0 atom stereocenters. The fraction of sp³-hybridized carbons (Fsp3) is 0.222. The Hall–Kier alpha value is -1.40. The number of hydrogen-bond donors (Lipinski definition) is 0. The van der Waals surface area contributed by atoms with Gasteiger partial charge in [-0.3, -0.25) is 4.99 Å². The van der Waals surface area contributed by atoms with Gasteiger partial charge in [-0.1, -0.05) is 0 Å². The van der Waals surface area contributed by atoms with Crippen LogP contribution in [0.1, 0.15) is 13.8 Å². The van der Waals surface area contributed by atoms with Crippen molar-refractivity contribution in [2.45, 2.75) is 13.8 Å². The van der Waals surface area contributed by atoms with Crippen molar-refractivity contribution in [1.29, 1.82) is 0 Å². The van der Waals surface area contributed by atoms with Crippen molar-refractivity contribution in [3.63, 3.8) is 0 Å². The number of carbonyl (C=O) groups excluding carboxylic acids is 1. The van der Waals surface area contributed by atoms with Crippen LogP contribution < -0.4 is 0 Å². The molecular formula is C9H9NO. The molecule has 2 heteroatoms. The minimum absolute atomic E-state index is 0.535. The summed E-state index contributed by atoms with van der Waals surface area (Å²) in [5.41, 5.74) is 2.27. The van der Waals surface area contributed by atoms with Gasteiger partial charge in [-0.15, -0.1) is 0 Å². The second kappa shape index (κ2) is 3.13. The second-order valence-corrected chi connectivity index (χ2v) is 2.43. The SMILES string of the molecule is CC1=CC(=C=O)C(C)=NC=C1. The molecule has 1 rings (SSSR count). The Morgan fingerprint density at radius 2 is 2.18 bits per heavy atom. The lowest BCUT2D eigenvalue weighted by Crippen LogP contribution is -1.93. The molecule has 0 bridgehead atoms. The Morgan fingerprint density at radius 3 is 2.82 bits per heavy atom. The summed E-state index contributed by atoms with van der Waals surface area (Å²) < 4.78 is 0. The smallest absolute Gasteiger partial charge is 0.134 e. The van der Waals surface area contributed by atoms with E-state index in [0.717, 1.165) is 5.57 Å². The third kappa shape index (κ3) is 1.76. The zero-order valence-corrected chi connectivity index (χ0v) is 6.59. The summed E-state index contributed by atoms with van der Waals surface area (Å²) in [5.74, 6) is 1.84. The molecule has 0 aromatic carbocycles. The van der Waals surface area contributed by atoms with E-state index in [9.17, 15) is 4.79 Å². The van der Waals surface area contributed by atoms with Gasteiger partial charge in [0.05, 0.1) is 11.3 Å². The second-order valence-electron chi connectivity index (χ2n) is 2.43. The molecule has 0 saturated carbocycles. The lowest BCUT2D eigenvalue weighted by molar-refractivity contribution is 0.568. The Balaban J connectivity index is 3.16. The van der Waals surface area contributed by atoms with Crippen LogP contribution >= 0.6 is 0 Å². The van der Waals surface area contributed by atoms with E-state index in [-0.39, 0.29) is 0 Å². The Morgan fingerprint density at radius 1 is 1.45 bits per heavy atom. The minimum atomic E-state index is 0.535. The number of nitrogens with zero attached hydrogens (tertiary/aromatic N) is 1. The molecule has 2 nitrogen and oxygen atoms in total. The Bertz CT molecular complexity index is 302. The van der Waals surface area contributed by atoms with Crippen LogP contribution in [-0.4, -0.2) is 11.7 Å². The first kappa shape index (κ1) is 7.70. The molecule has 1 aliphatic heterocycles. The predicted molar refractivity (Wildman–Crippen MR) is 45.2 cm³/mol. The lowest BCUT2D eigenvalue weighted by Gasteiger charge is -1.91. The average molecular weight is 147 g/mol. The highest BCUT2D eigenvalue weighted by Crippen LogP contribution is 2.07. The molecule has 0 radical (unpaired) electrons. The van der Waals surface area contributed by atoms with Crippen LogP contribution in [0, 0.1) is 0 Å². The number of aliphatic imine (C=N–C) groups is 1. The summed E-state index contributed by atoms with van der Waals surface area (Å²) in [7, 11) is 0. The summed E-state index contributed by atoms with van der Waals surface area (Å²) in [6, 6.07) is 0. The summed E-state index contributed by atoms with van der Waals surface area (Å²) in [6.45, 7) is 3.71. The molecule has 0 fully saturated rings. The Labute approximate surface area is 65.6 Å². The van der Waals surface area contributed by atoms with Crippen LogP contribution in [0.3, 0.4) is 0 Å². The zero-order valence-electron chi connectivity index (χ0n) is 6.59.